The number of aryl methyl sites for hydroxylation is 1. The number of rotatable bonds is 4. The van der Waals surface area contributed by atoms with Gasteiger partial charge in [0, 0.05) is 5.56 Å². The van der Waals surface area contributed by atoms with Crippen molar-refractivity contribution in [1.29, 1.82) is 0 Å². The molecule has 110 valence electrons. The molecule has 3 N–H and O–H groups in total. The highest BCUT2D eigenvalue weighted by Gasteiger charge is 2.18. The average Bonchev–Trinajstić information content (AvgIpc) is 2.41. The van der Waals surface area contributed by atoms with Crippen molar-refractivity contribution in [2.75, 3.05) is 4.72 Å². The third-order valence-corrected chi connectivity index (χ3v) is 4.97. The topological polar surface area (TPSA) is 72.2 Å². The monoisotopic (exact) mass is 340 g/mol. The van der Waals surface area contributed by atoms with Gasteiger partial charge in [-0.15, -0.1) is 0 Å². The van der Waals surface area contributed by atoms with Crippen LogP contribution in [-0.4, -0.2) is 13.4 Å². The zero-order valence-corrected chi connectivity index (χ0v) is 13.5. The second-order valence-electron chi connectivity index (χ2n) is 4.43. The number of nitrogens with two attached hydrogens (primary N) is 1. The average molecular weight is 341 g/mol. The fourth-order valence-corrected chi connectivity index (χ4v) is 3.48. The van der Waals surface area contributed by atoms with Crippen molar-refractivity contribution < 1.29 is 8.42 Å². The van der Waals surface area contributed by atoms with Gasteiger partial charge in [-0.1, -0.05) is 48.1 Å². The summed E-state index contributed by atoms with van der Waals surface area (Å²) in [5, 5.41) is 0.271. The summed E-state index contributed by atoms with van der Waals surface area (Å²) in [6.45, 7) is 1.72. The van der Waals surface area contributed by atoms with Gasteiger partial charge >= 0.3 is 0 Å². The van der Waals surface area contributed by atoms with Crippen LogP contribution in [-0.2, 0) is 10.0 Å². The van der Waals surface area contributed by atoms with Crippen molar-refractivity contribution in [1.82, 2.24) is 0 Å². The molecule has 0 aliphatic heterocycles. The van der Waals surface area contributed by atoms with Crippen LogP contribution in [0, 0.1) is 6.92 Å². The minimum Gasteiger partial charge on any atom is -0.389 e. The molecule has 0 saturated heterocycles. The first-order valence-electron chi connectivity index (χ1n) is 5.99. The Bertz CT molecular complexity index is 804. The van der Waals surface area contributed by atoms with E-state index in [1.165, 1.54) is 12.1 Å². The highest BCUT2D eigenvalue weighted by molar-refractivity contribution is 7.92. The highest BCUT2D eigenvalue weighted by atomic mass is 35.5. The third-order valence-electron chi connectivity index (χ3n) is 2.88. The van der Waals surface area contributed by atoms with E-state index in [2.05, 4.69) is 4.72 Å². The summed E-state index contributed by atoms with van der Waals surface area (Å²) in [4.78, 5) is 0.366. The molecule has 0 unspecified atom stereocenters. The first kappa shape index (κ1) is 15.8. The quantitative estimate of drug-likeness (QED) is 0.839. The Balaban J connectivity index is 2.44. The number of nitrogens with one attached hydrogen (secondary N) is 1. The molecule has 2 aromatic carbocycles. The maximum atomic E-state index is 12.4. The smallest absolute Gasteiger partial charge is 0.262 e. The van der Waals surface area contributed by atoms with Gasteiger partial charge in [-0.2, -0.15) is 0 Å². The van der Waals surface area contributed by atoms with Gasteiger partial charge in [-0.3, -0.25) is 4.72 Å². The second-order valence-corrected chi connectivity index (χ2v) is 6.93. The van der Waals surface area contributed by atoms with Gasteiger partial charge in [0.05, 0.1) is 15.6 Å². The van der Waals surface area contributed by atoms with E-state index < -0.39 is 10.0 Å². The second kappa shape index (κ2) is 6.01. The number of sulfonamides is 1. The van der Waals surface area contributed by atoms with Crippen molar-refractivity contribution in [3.63, 3.8) is 0 Å². The number of benzene rings is 2. The van der Waals surface area contributed by atoms with Gasteiger partial charge in [0.25, 0.3) is 10.0 Å². The largest absolute Gasteiger partial charge is 0.389 e. The van der Waals surface area contributed by atoms with E-state index in [9.17, 15) is 8.42 Å². The number of thiocarbonyl (C=S) groups is 1. The Hall–Kier alpha value is -1.63. The summed E-state index contributed by atoms with van der Waals surface area (Å²) in [6, 6.07) is 11.4. The van der Waals surface area contributed by atoms with Crippen LogP contribution in [0.15, 0.2) is 47.4 Å². The summed E-state index contributed by atoms with van der Waals surface area (Å²) in [7, 11) is -3.73. The van der Waals surface area contributed by atoms with Gasteiger partial charge in [0.2, 0.25) is 0 Å². The zero-order valence-electron chi connectivity index (χ0n) is 11.1. The molecule has 21 heavy (non-hydrogen) atoms. The molecule has 2 rings (SSSR count). The standard InChI is InChI=1S/C14H13ClN2O2S2/c1-9-4-2-3-5-13(9)21(18,19)17-12-8-10(14(16)20)6-7-11(12)15/h2-8,17H,1H3,(H2,16,20). The molecule has 0 spiro atoms. The fourth-order valence-electron chi connectivity index (χ4n) is 1.81. The van der Waals surface area contributed by atoms with Crippen molar-refractivity contribution in [2.45, 2.75) is 11.8 Å². The summed E-state index contributed by atoms with van der Waals surface area (Å²) in [5.41, 5.74) is 6.97. The Morgan fingerprint density at radius 3 is 2.52 bits per heavy atom. The predicted molar refractivity (Wildman–Crippen MR) is 89.3 cm³/mol. The van der Waals surface area contributed by atoms with E-state index in [1.807, 2.05) is 0 Å². The zero-order chi connectivity index (χ0) is 15.6. The van der Waals surface area contributed by atoms with Gasteiger partial charge < -0.3 is 5.73 Å². The minimum absolute atomic E-state index is 0.169. The molecule has 0 amide bonds. The maximum Gasteiger partial charge on any atom is 0.262 e. The SMILES string of the molecule is Cc1ccccc1S(=O)(=O)Nc1cc(C(N)=S)ccc1Cl. The number of halogens is 1. The molecule has 0 aromatic heterocycles. The van der Waals surface area contributed by atoms with Gasteiger partial charge in [-0.25, -0.2) is 8.42 Å². The van der Waals surface area contributed by atoms with Crippen molar-refractivity contribution in [2.24, 2.45) is 5.73 Å². The van der Waals surface area contributed by atoms with E-state index >= 15 is 0 Å². The summed E-state index contributed by atoms with van der Waals surface area (Å²) >= 11 is 10.9. The van der Waals surface area contributed by atoms with Crippen LogP contribution >= 0.6 is 23.8 Å². The minimum atomic E-state index is -3.73. The molecule has 0 atom stereocenters. The van der Waals surface area contributed by atoms with Crippen LogP contribution in [0.4, 0.5) is 5.69 Å². The first-order chi connectivity index (χ1) is 9.81. The molecule has 0 saturated carbocycles. The van der Waals surface area contributed by atoms with E-state index in [4.69, 9.17) is 29.6 Å². The highest BCUT2D eigenvalue weighted by Crippen LogP contribution is 2.26. The van der Waals surface area contributed by atoms with Crippen molar-refractivity contribution in [3.05, 3.63) is 58.6 Å². The van der Waals surface area contributed by atoms with Crippen LogP contribution in [0.25, 0.3) is 0 Å². The van der Waals surface area contributed by atoms with Gasteiger partial charge in [-0.05, 0) is 30.7 Å². The lowest BCUT2D eigenvalue weighted by atomic mass is 10.2. The molecule has 0 aliphatic carbocycles. The molecular weight excluding hydrogens is 328 g/mol. The van der Waals surface area contributed by atoms with Gasteiger partial charge in [0.1, 0.15) is 4.99 Å². The van der Waals surface area contributed by atoms with E-state index in [-0.39, 0.29) is 20.6 Å². The number of anilines is 1. The maximum absolute atomic E-state index is 12.4. The van der Waals surface area contributed by atoms with E-state index in [0.29, 0.717) is 11.1 Å². The molecule has 2 aromatic rings. The Labute approximate surface area is 134 Å². The lowest BCUT2D eigenvalue weighted by Gasteiger charge is -2.12. The Morgan fingerprint density at radius 2 is 1.90 bits per heavy atom. The molecule has 0 bridgehead atoms. The molecule has 0 aliphatic rings. The number of hydrogen-bond acceptors (Lipinski definition) is 3. The third kappa shape index (κ3) is 3.53. The van der Waals surface area contributed by atoms with Crippen LogP contribution in [0.3, 0.4) is 0 Å². The Kier molecular flexibility index (Phi) is 4.51. The summed E-state index contributed by atoms with van der Waals surface area (Å²) < 4.78 is 27.3. The number of hydrogen-bond donors (Lipinski definition) is 2. The molecule has 0 radical (unpaired) electrons. The summed E-state index contributed by atoms with van der Waals surface area (Å²) in [6.07, 6.45) is 0. The van der Waals surface area contributed by atoms with Crippen LogP contribution in [0.2, 0.25) is 5.02 Å². The van der Waals surface area contributed by atoms with Gasteiger partial charge in [0.15, 0.2) is 0 Å². The molecule has 7 heteroatoms. The summed E-state index contributed by atoms with van der Waals surface area (Å²) in [5.74, 6) is 0. The molecule has 0 heterocycles. The van der Waals surface area contributed by atoms with Crippen LogP contribution in [0.1, 0.15) is 11.1 Å². The van der Waals surface area contributed by atoms with E-state index in [0.717, 1.165) is 0 Å². The van der Waals surface area contributed by atoms with Crippen molar-refractivity contribution >= 4 is 44.5 Å². The predicted octanol–water partition coefficient (Wildman–Crippen LogP) is 3.08. The lowest BCUT2D eigenvalue weighted by Crippen LogP contribution is -2.16. The lowest BCUT2D eigenvalue weighted by molar-refractivity contribution is 0.600. The van der Waals surface area contributed by atoms with E-state index in [1.54, 1.807) is 37.3 Å². The molecular formula is C14H13ClN2O2S2. The normalized spacial score (nSPS) is 11.1. The van der Waals surface area contributed by atoms with Crippen molar-refractivity contribution in [3.8, 4) is 0 Å². The fraction of sp³-hybridized carbons (Fsp3) is 0.0714. The first-order valence-corrected chi connectivity index (χ1v) is 8.26. The molecule has 0 fully saturated rings. The van der Waals surface area contributed by atoms with Crippen LogP contribution < -0.4 is 10.5 Å². The Morgan fingerprint density at radius 1 is 1.24 bits per heavy atom. The molecule has 4 nitrogen and oxygen atoms in total. The van der Waals surface area contributed by atoms with Crippen LogP contribution in [0.5, 0.6) is 0 Å².